The van der Waals surface area contributed by atoms with Crippen molar-refractivity contribution >= 4 is 17.5 Å². The van der Waals surface area contributed by atoms with Gasteiger partial charge in [-0.2, -0.15) is 0 Å². The maximum atomic E-state index is 12.2. The van der Waals surface area contributed by atoms with Crippen LogP contribution in [0.5, 0.6) is 5.75 Å². The number of carbonyl (C=O) groups excluding carboxylic acids is 2. The van der Waals surface area contributed by atoms with Gasteiger partial charge in [0.05, 0.1) is 5.69 Å². The highest BCUT2D eigenvalue weighted by molar-refractivity contribution is 5.98. The van der Waals surface area contributed by atoms with Crippen molar-refractivity contribution in [3.63, 3.8) is 0 Å². The Morgan fingerprint density at radius 3 is 2.69 bits per heavy atom. The number of aryl methyl sites for hydroxylation is 1. The Hall–Kier alpha value is -2.82. The van der Waals surface area contributed by atoms with E-state index in [9.17, 15) is 9.59 Å². The molecule has 1 aliphatic heterocycles. The van der Waals surface area contributed by atoms with Crippen LogP contribution in [0.2, 0.25) is 0 Å². The summed E-state index contributed by atoms with van der Waals surface area (Å²) in [5.74, 6) is 0.527. The summed E-state index contributed by atoms with van der Waals surface area (Å²) in [6.07, 6.45) is 2.09. The predicted octanol–water partition coefficient (Wildman–Crippen LogP) is 2.94. The number of benzene rings is 2. The second kappa shape index (κ2) is 8.52. The van der Waals surface area contributed by atoms with Gasteiger partial charge in [0.25, 0.3) is 5.91 Å². The average molecular weight is 352 g/mol. The molecule has 136 valence electrons. The molecule has 0 unspecified atom stereocenters. The van der Waals surface area contributed by atoms with Crippen molar-refractivity contribution in [2.75, 3.05) is 18.1 Å². The molecule has 0 aliphatic carbocycles. The van der Waals surface area contributed by atoms with Gasteiger partial charge in [0.15, 0.2) is 6.61 Å². The molecule has 0 aromatic heterocycles. The molecule has 0 saturated carbocycles. The van der Waals surface area contributed by atoms with Crippen LogP contribution in [-0.4, -0.2) is 31.0 Å². The minimum Gasteiger partial charge on any atom is -0.482 e. The van der Waals surface area contributed by atoms with Crippen LogP contribution in [0, 0.1) is 0 Å². The Kier molecular flexibility index (Phi) is 5.89. The van der Waals surface area contributed by atoms with E-state index in [2.05, 4.69) is 17.4 Å². The van der Waals surface area contributed by atoms with Crippen molar-refractivity contribution < 1.29 is 14.3 Å². The van der Waals surface area contributed by atoms with Crippen LogP contribution < -0.4 is 15.0 Å². The van der Waals surface area contributed by atoms with Crippen molar-refractivity contribution in [3.8, 4) is 5.75 Å². The molecular formula is C21H24N2O3. The van der Waals surface area contributed by atoms with Crippen LogP contribution in [0.3, 0.4) is 0 Å². The Morgan fingerprint density at radius 1 is 1.15 bits per heavy atom. The lowest BCUT2D eigenvalue weighted by atomic mass is 10.1. The first-order valence-electron chi connectivity index (χ1n) is 8.99. The van der Waals surface area contributed by atoms with E-state index in [1.165, 1.54) is 5.56 Å². The topological polar surface area (TPSA) is 58.6 Å². The Labute approximate surface area is 154 Å². The second-order valence-electron chi connectivity index (χ2n) is 6.54. The van der Waals surface area contributed by atoms with Crippen LogP contribution in [0.25, 0.3) is 0 Å². The molecule has 5 nitrogen and oxygen atoms in total. The van der Waals surface area contributed by atoms with E-state index < -0.39 is 0 Å². The number of para-hydroxylation sites is 2. The third kappa shape index (κ3) is 4.63. The number of anilines is 1. The zero-order chi connectivity index (χ0) is 18.4. The summed E-state index contributed by atoms with van der Waals surface area (Å²) in [4.78, 5) is 26.0. The summed E-state index contributed by atoms with van der Waals surface area (Å²) >= 11 is 0. The summed E-state index contributed by atoms with van der Waals surface area (Å²) < 4.78 is 5.42. The Bertz CT molecular complexity index is 761. The molecule has 2 amide bonds. The number of carbonyl (C=O) groups is 2. The molecule has 2 aromatic carbocycles. The molecule has 0 spiro atoms. The van der Waals surface area contributed by atoms with Crippen molar-refractivity contribution in [1.82, 2.24) is 5.32 Å². The minimum atomic E-state index is -0.117. The number of hydrogen-bond donors (Lipinski definition) is 1. The van der Waals surface area contributed by atoms with Gasteiger partial charge in [0.1, 0.15) is 5.75 Å². The quantitative estimate of drug-likeness (QED) is 0.833. The highest BCUT2D eigenvalue weighted by atomic mass is 16.5. The summed E-state index contributed by atoms with van der Waals surface area (Å²) in [5.41, 5.74) is 2.00. The largest absolute Gasteiger partial charge is 0.482 e. The highest BCUT2D eigenvalue weighted by Gasteiger charge is 2.25. The van der Waals surface area contributed by atoms with E-state index in [0.717, 1.165) is 18.5 Å². The molecule has 0 fully saturated rings. The maximum Gasteiger partial charge on any atom is 0.265 e. The molecule has 1 aliphatic rings. The van der Waals surface area contributed by atoms with Gasteiger partial charge in [-0.05, 0) is 37.5 Å². The number of nitrogens with zero attached hydrogens (tertiary/aromatic N) is 1. The van der Waals surface area contributed by atoms with E-state index >= 15 is 0 Å². The van der Waals surface area contributed by atoms with Gasteiger partial charge in [-0.3, -0.25) is 9.59 Å². The zero-order valence-corrected chi connectivity index (χ0v) is 15.0. The van der Waals surface area contributed by atoms with Crippen molar-refractivity contribution in [2.45, 2.75) is 32.2 Å². The van der Waals surface area contributed by atoms with Gasteiger partial charge in [0, 0.05) is 19.0 Å². The molecule has 0 bridgehead atoms. The van der Waals surface area contributed by atoms with Gasteiger partial charge in [-0.15, -0.1) is 0 Å². The molecule has 0 radical (unpaired) electrons. The van der Waals surface area contributed by atoms with Crippen molar-refractivity contribution in [2.24, 2.45) is 0 Å². The smallest absolute Gasteiger partial charge is 0.265 e. The van der Waals surface area contributed by atoms with E-state index in [1.54, 1.807) is 4.90 Å². The predicted molar refractivity (Wildman–Crippen MR) is 101 cm³/mol. The van der Waals surface area contributed by atoms with Crippen LogP contribution in [0.4, 0.5) is 5.69 Å². The first kappa shape index (κ1) is 18.0. The van der Waals surface area contributed by atoms with E-state index in [0.29, 0.717) is 12.3 Å². The fourth-order valence-electron chi connectivity index (χ4n) is 3.06. The van der Waals surface area contributed by atoms with Crippen LogP contribution in [0.1, 0.15) is 25.3 Å². The third-order valence-electron chi connectivity index (χ3n) is 4.49. The van der Waals surface area contributed by atoms with Gasteiger partial charge < -0.3 is 15.0 Å². The van der Waals surface area contributed by atoms with Crippen LogP contribution in [-0.2, 0) is 16.0 Å². The normalized spacial score (nSPS) is 14.3. The van der Waals surface area contributed by atoms with Gasteiger partial charge in [-0.1, -0.05) is 42.5 Å². The lowest BCUT2D eigenvalue weighted by molar-refractivity contribution is -0.122. The molecule has 5 heteroatoms. The van der Waals surface area contributed by atoms with Crippen molar-refractivity contribution in [1.29, 1.82) is 0 Å². The fourth-order valence-corrected chi connectivity index (χ4v) is 3.06. The highest BCUT2D eigenvalue weighted by Crippen LogP contribution is 2.31. The van der Waals surface area contributed by atoms with Crippen molar-refractivity contribution in [3.05, 3.63) is 60.2 Å². The SMILES string of the molecule is C[C@H](CCc1ccccc1)NC(=O)CCN1C(=O)COc2ccccc21. The molecule has 26 heavy (non-hydrogen) atoms. The number of hydrogen-bond acceptors (Lipinski definition) is 3. The number of ether oxygens (including phenoxy) is 1. The lowest BCUT2D eigenvalue weighted by Crippen LogP contribution is -2.42. The average Bonchev–Trinajstić information content (AvgIpc) is 2.66. The molecule has 1 heterocycles. The Balaban J connectivity index is 1.47. The van der Waals surface area contributed by atoms with Crippen LogP contribution >= 0.6 is 0 Å². The fraction of sp³-hybridized carbons (Fsp3) is 0.333. The minimum absolute atomic E-state index is 0.0200. The number of nitrogens with one attached hydrogen (secondary N) is 1. The third-order valence-corrected chi connectivity index (χ3v) is 4.49. The van der Waals surface area contributed by atoms with E-state index in [4.69, 9.17) is 4.74 Å². The first-order chi connectivity index (χ1) is 12.6. The van der Waals surface area contributed by atoms with Crippen LogP contribution in [0.15, 0.2) is 54.6 Å². The molecule has 3 rings (SSSR count). The summed E-state index contributed by atoms with van der Waals surface area (Å²) in [5, 5.41) is 3.02. The molecule has 2 aromatic rings. The number of amides is 2. The number of rotatable bonds is 7. The van der Waals surface area contributed by atoms with E-state index in [-0.39, 0.29) is 30.9 Å². The summed E-state index contributed by atoms with van der Waals surface area (Å²) in [6.45, 7) is 2.39. The van der Waals surface area contributed by atoms with Gasteiger partial charge in [0.2, 0.25) is 5.91 Å². The molecule has 0 saturated heterocycles. The number of fused-ring (bicyclic) bond motifs is 1. The lowest BCUT2D eigenvalue weighted by Gasteiger charge is -2.29. The molecule has 1 atom stereocenters. The molecular weight excluding hydrogens is 328 g/mol. The second-order valence-corrected chi connectivity index (χ2v) is 6.54. The van der Waals surface area contributed by atoms with E-state index in [1.807, 2.05) is 49.4 Å². The first-order valence-corrected chi connectivity index (χ1v) is 8.99. The maximum absolute atomic E-state index is 12.2. The molecule has 1 N–H and O–H groups in total. The van der Waals surface area contributed by atoms with Gasteiger partial charge in [-0.25, -0.2) is 0 Å². The van der Waals surface area contributed by atoms with Gasteiger partial charge >= 0.3 is 0 Å². The zero-order valence-electron chi connectivity index (χ0n) is 15.0. The summed E-state index contributed by atoms with van der Waals surface area (Å²) in [6, 6.07) is 17.7. The monoisotopic (exact) mass is 352 g/mol. The standard InChI is InChI=1S/C21H24N2O3/c1-16(11-12-17-7-3-2-4-8-17)22-20(24)13-14-23-18-9-5-6-10-19(18)26-15-21(23)25/h2-10,16H,11-15H2,1H3,(H,22,24)/t16-/m1/s1. The summed E-state index contributed by atoms with van der Waals surface area (Å²) in [7, 11) is 0. The Morgan fingerprint density at radius 2 is 1.88 bits per heavy atom.